The number of hydrogen-bond acceptors (Lipinski definition) is 1. The topological polar surface area (TPSA) is 12.0 Å². The van der Waals surface area contributed by atoms with E-state index in [1.807, 2.05) is 6.07 Å². The predicted molar refractivity (Wildman–Crippen MR) is 64.2 cm³/mol. The van der Waals surface area contributed by atoms with Gasteiger partial charge in [-0.1, -0.05) is 43.4 Å². The Morgan fingerprint density at radius 2 is 2.00 bits per heavy atom. The van der Waals surface area contributed by atoms with E-state index >= 15 is 0 Å². The molecule has 1 rings (SSSR count). The van der Waals surface area contributed by atoms with Crippen LogP contribution in [-0.4, -0.2) is 4.32 Å². The Bertz CT molecular complexity index is 297. The van der Waals surface area contributed by atoms with Crippen LogP contribution < -0.4 is 5.32 Å². The molecule has 0 aromatic heterocycles. The van der Waals surface area contributed by atoms with Gasteiger partial charge in [-0.05, 0) is 17.5 Å². The molecule has 0 amide bonds. The van der Waals surface area contributed by atoms with Gasteiger partial charge >= 0.3 is 0 Å². The smallest absolute Gasteiger partial charge is 0.130 e. The van der Waals surface area contributed by atoms with E-state index in [1.165, 1.54) is 11.1 Å². The van der Waals surface area contributed by atoms with Crippen molar-refractivity contribution in [3.05, 3.63) is 35.4 Å². The molecule has 0 saturated heterocycles. The molecular weight excluding hydrogens is 198 g/mol. The highest BCUT2D eigenvalue weighted by Crippen LogP contribution is 2.08. The Morgan fingerprint density at radius 3 is 2.54 bits per heavy atom. The van der Waals surface area contributed by atoms with Crippen molar-refractivity contribution in [2.75, 3.05) is 0 Å². The van der Waals surface area contributed by atoms with Gasteiger partial charge in [-0.3, -0.25) is 0 Å². The van der Waals surface area contributed by atoms with Crippen LogP contribution in [0.2, 0.25) is 0 Å². The molecule has 0 atom stereocenters. The van der Waals surface area contributed by atoms with Gasteiger partial charge in [0.1, 0.15) is 4.32 Å². The summed E-state index contributed by atoms with van der Waals surface area (Å²) in [6, 6.07) is 8.34. The van der Waals surface area contributed by atoms with Crippen LogP contribution in [0.25, 0.3) is 0 Å². The Hall–Kier alpha value is -0.540. The Morgan fingerprint density at radius 1 is 1.38 bits per heavy atom. The van der Waals surface area contributed by atoms with Crippen LogP contribution >= 0.6 is 24.8 Å². The largest absolute Gasteiger partial charge is 0.367 e. The highest BCUT2D eigenvalue weighted by molar-refractivity contribution is 8.11. The van der Waals surface area contributed by atoms with Gasteiger partial charge in [0, 0.05) is 6.54 Å². The van der Waals surface area contributed by atoms with Crippen molar-refractivity contribution in [3.8, 4) is 0 Å². The van der Waals surface area contributed by atoms with Gasteiger partial charge in [0.15, 0.2) is 0 Å². The van der Waals surface area contributed by atoms with Crippen LogP contribution in [0.4, 0.5) is 0 Å². The number of aryl methyl sites for hydroxylation is 1. The maximum Gasteiger partial charge on any atom is 0.130 e. The molecular formula is C10H13NS2. The van der Waals surface area contributed by atoms with Crippen molar-refractivity contribution in [1.29, 1.82) is 0 Å². The summed E-state index contributed by atoms with van der Waals surface area (Å²) in [6.45, 7) is 2.92. The molecule has 1 N–H and O–H groups in total. The quantitative estimate of drug-likeness (QED) is 0.589. The number of benzene rings is 1. The molecule has 0 aliphatic rings. The number of nitrogens with one attached hydrogen (secondary N) is 1. The lowest BCUT2D eigenvalue weighted by Crippen LogP contribution is -2.16. The summed E-state index contributed by atoms with van der Waals surface area (Å²) in [6.07, 6.45) is 1.05. The van der Waals surface area contributed by atoms with E-state index in [9.17, 15) is 0 Å². The van der Waals surface area contributed by atoms with Crippen LogP contribution in [0, 0.1) is 0 Å². The van der Waals surface area contributed by atoms with E-state index in [0.717, 1.165) is 13.0 Å². The van der Waals surface area contributed by atoms with E-state index in [1.54, 1.807) is 0 Å². The third kappa shape index (κ3) is 3.36. The van der Waals surface area contributed by atoms with Crippen molar-refractivity contribution in [3.63, 3.8) is 0 Å². The molecule has 0 radical (unpaired) electrons. The lowest BCUT2D eigenvalue weighted by molar-refractivity contribution is 0.912. The predicted octanol–water partition coefficient (Wildman–Crippen LogP) is 2.55. The number of rotatable bonds is 3. The summed E-state index contributed by atoms with van der Waals surface area (Å²) in [5.41, 5.74) is 2.65. The lowest BCUT2D eigenvalue weighted by atomic mass is 10.1. The number of hydrogen-bond donors (Lipinski definition) is 2. The standard InChI is InChI=1S/C10H13NS2/c1-2-8-5-3-4-6-9(8)7-11-10(12)13/h3-6H,2,7H2,1H3,(H2,11,12,13). The minimum atomic E-state index is 0.547. The van der Waals surface area contributed by atoms with Crippen molar-refractivity contribution in [1.82, 2.24) is 5.32 Å². The van der Waals surface area contributed by atoms with Gasteiger partial charge in [-0.15, -0.1) is 12.6 Å². The zero-order valence-corrected chi connectivity index (χ0v) is 9.29. The first-order chi connectivity index (χ1) is 6.24. The second kappa shape index (κ2) is 5.25. The summed E-state index contributed by atoms with van der Waals surface area (Å²) in [5, 5.41) is 3.03. The second-order valence-electron chi connectivity index (χ2n) is 2.78. The van der Waals surface area contributed by atoms with Gasteiger partial charge in [0.25, 0.3) is 0 Å². The Labute approximate surface area is 90.0 Å². The van der Waals surface area contributed by atoms with Gasteiger partial charge in [0.05, 0.1) is 0 Å². The van der Waals surface area contributed by atoms with Crippen molar-refractivity contribution < 1.29 is 0 Å². The number of thiol groups is 1. The normalized spacial score (nSPS) is 9.69. The first kappa shape index (κ1) is 10.5. The lowest BCUT2D eigenvalue weighted by Gasteiger charge is -2.08. The summed E-state index contributed by atoms with van der Waals surface area (Å²) in [7, 11) is 0. The van der Waals surface area contributed by atoms with Gasteiger partial charge in [-0.25, -0.2) is 0 Å². The third-order valence-electron chi connectivity index (χ3n) is 1.93. The van der Waals surface area contributed by atoms with Gasteiger partial charge < -0.3 is 5.32 Å². The third-order valence-corrected chi connectivity index (χ3v) is 2.23. The molecule has 0 unspecified atom stereocenters. The molecule has 0 fully saturated rings. The minimum absolute atomic E-state index is 0.547. The SMILES string of the molecule is CCc1ccccc1CNC(=S)S. The van der Waals surface area contributed by atoms with Gasteiger partial charge in [0.2, 0.25) is 0 Å². The first-order valence-electron chi connectivity index (χ1n) is 4.27. The van der Waals surface area contributed by atoms with E-state index in [-0.39, 0.29) is 0 Å². The first-order valence-corrected chi connectivity index (χ1v) is 5.13. The van der Waals surface area contributed by atoms with Crippen LogP contribution in [0.3, 0.4) is 0 Å². The fourth-order valence-corrected chi connectivity index (χ4v) is 1.40. The molecule has 1 aromatic rings. The zero-order chi connectivity index (χ0) is 9.68. The van der Waals surface area contributed by atoms with Crippen molar-refractivity contribution in [2.24, 2.45) is 0 Å². The molecule has 0 bridgehead atoms. The summed E-state index contributed by atoms with van der Waals surface area (Å²) in [5.74, 6) is 0. The number of thiocarbonyl (C=S) groups is 1. The molecule has 0 spiro atoms. The monoisotopic (exact) mass is 211 g/mol. The maximum absolute atomic E-state index is 4.83. The summed E-state index contributed by atoms with van der Waals surface area (Å²) < 4.78 is 0.547. The fraction of sp³-hybridized carbons (Fsp3) is 0.300. The summed E-state index contributed by atoms with van der Waals surface area (Å²) in [4.78, 5) is 0. The Kier molecular flexibility index (Phi) is 4.25. The van der Waals surface area contributed by atoms with Gasteiger partial charge in [-0.2, -0.15) is 0 Å². The fourth-order valence-electron chi connectivity index (χ4n) is 1.25. The minimum Gasteiger partial charge on any atom is -0.367 e. The molecule has 0 aliphatic carbocycles. The van der Waals surface area contributed by atoms with Crippen LogP contribution in [0.1, 0.15) is 18.1 Å². The average molecular weight is 211 g/mol. The van der Waals surface area contributed by atoms with Crippen LogP contribution in [0.15, 0.2) is 24.3 Å². The highest BCUT2D eigenvalue weighted by Gasteiger charge is 1.98. The molecule has 1 nitrogen and oxygen atoms in total. The maximum atomic E-state index is 4.83. The van der Waals surface area contributed by atoms with E-state index in [2.05, 4.69) is 43.1 Å². The molecule has 0 heterocycles. The van der Waals surface area contributed by atoms with E-state index in [4.69, 9.17) is 12.2 Å². The van der Waals surface area contributed by atoms with Crippen LogP contribution in [0.5, 0.6) is 0 Å². The summed E-state index contributed by atoms with van der Waals surface area (Å²) >= 11 is 8.84. The zero-order valence-electron chi connectivity index (χ0n) is 7.58. The average Bonchev–Trinajstić information content (AvgIpc) is 2.15. The Balaban J connectivity index is 2.69. The van der Waals surface area contributed by atoms with E-state index in [0.29, 0.717) is 4.32 Å². The molecule has 3 heteroatoms. The molecule has 0 saturated carbocycles. The van der Waals surface area contributed by atoms with Crippen LogP contribution in [-0.2, 0) is 13.0 Å². The molecule has 1 aromatic carbocycles. The van der Waals surface area contributed by atoms with E-state index < -0.39 is 0 Å². The molecule has 70 valence electrons. The highest BCUT2D eigenvalue weighted by atomic mass is 32.1. The molecule has 13 heavy (non-hydrogen) atoms. The second-order valence-corrected chi connectivity index (χ2v) is 3.94. The van der Waals surface area contributed by atoms with Crippen molar-refractivity contribution in [2.45, 2.75) is 19.9 Å². The molecule has 0 aliphatic heterocycles. The van der Waals surface area contributed by atoms with Crippen molar-refractivity contribution >= 4 is 29.2 Å².